The van der Waals surface area contributed by atoms with E-state index in [1.807, 2.05) is 0 Å². The third kappa shape index (κ3) is 2.64. The molecule has 0 heterocycles. The third-order valence-electron chi connectivity index (χ3n) is 5.95. The highest BCUT2D eigenvalue weighted by molar-refractivity contribution is 14.1. The van der Waals surface area contributed by atoms with Crippen molar-refractivity contribution in [3.8, 4) is 0 Å². The zero-order valence-electron chi connectivity index (χ0n) is 12.9. The van der Waals surface area contributed by atoms with Gasteiger partial charge in [-0.25, -0.2) is 0 Å². The number of hydrogen-bond donors (Lipinski definition) is 1. The number of rotatable bonds is 5. The molecular weight excluding hydrogens is 361 g/mol. The maximum absolute atomic E-state index is 12.8. The van der Waals surface area contributed by atoms with E-state index in [0.29, 0.717) is 16.7 Å². The lowest BCUT2D eigenvalue weighted by Crippen LogP contribution is -2.59. The van der Waals surface area contributed by atoms with E-state index in [2.05, 4.69) is 41.8 Å². The third-order valence-corrected chi connectivity index (χ3v) is 6.72. The van der Waals surface area contributed by atoms with Gasteiger partial charge >= 0.3 is 0 Å². The van der Waals surface area contributed by atoms with Gasteiger partial charge in [-0.05, 0) is 72.5 Å². The van der Waals surface area contributed by atoms with E-state index in [-0.39, 0.29) is 5.41 Å². The van der Waals surface area contributed by atoms with Gasteiger partial charge in [0.15, 0.2) is 0 Å². The molecule has 0 spiro atoms. The Morgan fingerprint density at radius 1 is 1.10 bits per heavy atom. The zero-order valence-corrected chi connectivity index (χ0v) is 15.1. The molecule has 2 unspecified atom stereocenters. The lowest BCUT2D eigenvalue weighted by Gasteiger charge is -2.64. The average molecular weight is 389 g/mol. The lowest BCUT2D eigenvalue weighted by atomic mass is 9.40. The molecule has 20 heavy (non-hydrogen) atoms. The molecule has 4 fully saturated rings. The molecule has 114 valence electrons. The number of amides is 1. The molecule has 0 aromatic heterocycles. The number of halogens is 1. The van der Waals surface area contributed by atoms with Crippen LogP contribution in [0.25, 0.3) is 0 Å². The second kappa shape index (κ2) is 5.13. The van der Waals surface area contributed by atoms with Crippen molar-refractivity contribution in [3.05, 3.63) is 0 Å². The smallest absolute Gasteiger partial charge is 0.226 e. The fourth-order valence-electron chi connectivity index (χ4n) is 6.31. The monoisotopic (exact) mass is 389 g/mol. The van der Waals surface area contributed by atoms with Crippen LogP contribution in [0.3, 0.4) is 0 Å². The van der Waals surface area contributed by atoms with Crippen LogP contribution in [0.4, 0.5) is 0 Å². The van der Waals surface area contributed by atoms with Gasteiger partial charge < -0.3 is 5.32 Å². The van der Waals surface area contributed by atoms with Gasteiger partial charge in [0.2, 0.25) is 5.91 Å². The summed E-state index contributed by atoms with van der Waals surface area (Å²) in [6.07, 6.45) is 9.87. The molecule has 1 N–H and O–H groups in total. The number of carbonyl (C=O) groups excluding carboxylic acids is 1. The van der Waals surface area contributed by atoms with Crippen LogP contribution in [0, 0.1) is 22.2 Å². The van der Waals surface area contributed by atoms with Gasteiger partial charge in [-0.2, -0.15) is 0 Å². The minimum Gasteiger partial charge on any atom is -0.356 e. The van der Waals surface area contributed by atoms with Crippen molar-refractivity contribution in [1.82, 2.24) is 5.32 Å². The van der Waals surface area contributed by atoms with Crippen molar-refractivity contribution >= 4 is 28.5 Å². The normalized spacial score (nSPS) is 45.6. The lowest BCUT2D eigenvalue weighted by molar-refractivity contribution is -0.170. The molecular formula is C17H28INO. The van der Waals surface area contributed by atoms with Gasteiger partial charge in [0.25, 0.3) is 0 Å². The van der Waals surface area contributed by atoms with Crippen LogP contribution in [-0.2, 0) is 4.79 Å². The number of unbranched alkanes of at least 4 members (excludes halogenated alkanes) is 1. The van der Waals surface area contributed by atoms with E-state index < -0.39 is 0 Å². The van der Waals surface area contributed by atoms with Crippen LogP contribution >= 0.6 is 22.6 Å². The van der Waals surface area contributed by atoms with E-state index in [1.54, 1.807) is 0 Å². The largest absolute Gasteiger partial charge is 0.356 e. The van der Waals surface area contributed by atoms with Crippen LogP contribution < -0.4 is 5.32 Å². The Labute approximate surface area is 137 Å². The van der Waals surface area contributed by atoms with Crippen LogP contribution in [0.5, 0.6) is 0 Å². The summed E-state index contributed by atoms with van der Waals surface area (Å²) < 4.78 is 1.19. The maximum atomic E-state index is 12.8. The molecule has 4 rings (SSSR count). The van der Waals surface area contributed by atoms with Crippen LogP contribution in [0.2, 0.25) is 0 Å². The molecule has 4 bridgehead atoms. The molecule has 0 saturated heterocycles. The predicted octanol–water partition coefficient (Wildman–Crippen LogP) is 4.31. The first-order chi connectivity index (χ1) is 9.39. The van der Waals surface area contributed by atoms with Crippen LogP contribution in [0.15, 0.2) is 0 Å². The molecule has 4 aliphatic rings. The molecule has 2 atom stereocenters. The quantitative estimate of drug-likeness (QED) is 0.424. The van der Waals surface area contributed by atoms with Crippen molar-refractivity contribution < 1.29 is 4.79 Å². The van der Waals surface area contributed by atoms with E-state index in [1.165, 1.54) is 30.1 Å². The Bertz CT molecular complexity index is 390. The van der Waals surface area contributed by atoms with Crippen molar-refractivity contribution in [2.24, 2.45) is 22.2 Å². The Morgan fingerprint density at radius 2 is 1.75 bits per heavy atom. The summed E-state index contributed by atoms with van der Waals surface area (Å²) in [5, 5.41) is 3.27. The number of hydrogen-bond acceptors (Lipinski definition) is 1. The van der Waals surface area contributed by atoms with Gasteiger partial charge in [0, 0.05) is 6.54 Å². The number of carbonyl (C=O) groups is 1. The summed E-state index contributed by atoms with van der Waals surface area (Å²) in [6, 6.07) is 0. The molecule has 2 nitrogen and oxygen atoms in total. The number of nitrogens with one attached hydrogen (secondary N) is 1. The minimum atomic E-state index is -0.0206. The molecule has 4 aliphatic carbocycles. The van der Waals surface area contributed by atoms with Crippen LogP contribution in [-0.4, -0.2) is 16.9 Å². The molecule has 1 amide bonds. The minimum absolute atomic E-state index is 0.0206. The SMILES string of the molecule is CC12CC3CC(C)(C1)CC(C(=O)NCCCCI)(C3)C2. The molecule has 3 heteroatoms. The Balaban J connectivity index is 1.70. The summed E-state index contributed by atoms with van der Waals surface area (Å²) in [6.45, 7) is 5.75. The molecule has 4 saturated carbocycles. The van der Waals surface area contributed by atoms with Crippen molar-refractivity contribution in [2.45, 2.75) is 65.2 Å². The maximum Gasteiger partial charge on any atom is 0.226 e. The summed E-state index contributed by atoms with van der Waals surface area (Å²) in [4.78, 5) is 12.8. The first-order valence-corrected chi connectivity index (χ1v) is 9.76. The number of alkyl halides is 1. The summed E-state index contributed by atoms with van der Waals surface area (Å²) in [5.74, 6) is 1.19. The summed E-state index contributed by atoms with van der Waals surface area (Å²) in [7, 11) is 0. The Morgan fingerprint density at radius 3 is 2.30 bits per heavy atom. The highest BCUT2D eigenvalue weighted by Crippen LogP contribution is 2.69. The Kier molecular flexibility index (Phi) is 3.88. The van der Waals surface area contributed by atoms with E-state index >= 15 is 0 Å². The fraction of sp³-hybridized carbons (Fsp3) is 0.941. The average Bonchev–Trinajstić information content (AvgIpc) is 2.29. The van der Waals surface area contributed by atoms with Crippen molar-refractivity contribution in [3.63, 3.8) is 0 Å². The summed E-state index contributed by atoms with van der Waals surface area (Å²) in [5.41, 5.74) is 0.856. The summed E-state index contributed by atoms with van der Waals surface area (Å²) >= 11 is 2.41. The highest BCUT2D eigenvalue weighted by Gasteiger charge is 2.62. The standard InChI is InChI=1S/C17H28INO/c1-15-7-13-8-16(2,10-15)12-17(9-13,11-15)14(20)19-6-4-3-5-18/h13H,3-12H2,1-2H3,(H,19,20). The molecule has 0 aromatic carbocycles. The second-order valence-electron chi connectivity index (χ2n) is 8.56. The molecule has 0 aromatic rings. The van der Waals surface area contributed by atoms with Gasteiger partial charge in [0.05, 0.1) is 5.41 Å². The van der Waals surface area contributed by atoms with Gasteiger partial charge in [-0.1, -0.05) is 36.4 Å². The van der Waals surface area contributed by atoms with E-state index in [9.17, 15) is 4.79 Å². The van der Waals surface area contributed by atoms with Crippen molar-refractivity contribution in [1.29, 1.82) is 0 Å². The van der Waals surface area contributed by atoms with Crippen molar-refractivity contribution in [2.75, 3.05) is 11.0 Å². The topological polar surface area (TPSA) is 29.1 Å². The van der Waals surface area contributed by atoms with Gasteiger partial charge in [-0.3, -0.25) is 4.79 Å². The zero-order chi connectivity index (χ0) is 14.4. The van der Waals surface area contributed by atoms with E-state index in [4.69, 9.17) is 0 Å². The molecule has 0 aliphatic heterocycles. The highest BCUT2D eigenvalue weighted by atomic mass is 127. The first-order valence-electron chi connectivity index (χ1n) is 8.23. The van der Waals surface area contributed by atoms with E-state index in [0.717, 1.165) is 38.1 Å². The molecule has 0 radical (unpaired) electrons. The second-order valence-corrected chi connectivity index (χ2v) is 9.64. The first kappa shape index (κ1) is 15.1. The predicted molar refractivity (Wildman–Crippen MR) is 91.0 cm³/mol. The van der Waals surface area contributed by atoms with Gasteiger partial charge in [0.1, 0.15) is 0 Å². The Hall–Kier alpha value is 0.200. The van der Waals surface area contributed by atoms with Gasteiger partial charge in [-0.15, -0.1) is 0 Å². The van der Waals surface area contributed by atoms with Crippen LogP contribution in [0.1, 0.15) is 65.2 Å². The fourth-order valence-corrected chi connectivity index (χ4v) is 6.85.